The Kier molecular flexibility index (Phi) is 5.14. The Labute approximate surface area is 120 Å². The molecule has 106 valence electrons. The zero-order chi connectivity index (χ0) is 14.4. The van der Waals surface area contributed by atoms with E-state index in [1.165, 1.54) is 5.56 Å². The second-order valence-corrected chi connectivity index (χ2v) is 5.35. The number of nitrogens with zero attached hydrogens (tertiary/aromatic N) is 2. The number of likely N-dealkylation sites (tertiary alicyclic amines) is 1. The largest absolute Gasteiger partial charge is 0.326 e. The molecule has 20 heavy (non-hydrogen) atoms. The number of hydrogen-bond donors (Lipinski definition) is 1. The minimum atomic E-state index is -0.228. The monoisotopic (exact) mass is 271 g/mol. The zero-order valence-corrected chi connectivity index (χ0v) is 11.9. The van der Waals surface area contributed by atoms with Crippen molar-refractivity contribution < 1.29 is 4.79 Å². The molecule has 1 aliphatic heterocycles. The average molecular weight is 271 g/mol. The Balaban J connectivity index is 1.77. The third-order valence-corrected chi connectivity index (χ3v) is 3.71. The lowest BCUT2D eigenvalue weighted by Crippen LogP contribution is -2.43. The van der Waals surface area contributed by atoms with E-state index in [-0.39, 0.29) is 18.0 Å². The molecule has 2 rings (SSSR count). The van der Waals surface area contributed by atoms with Crippen LogP contribution in [0.4, 0.5) is 0 Å². The SMILES string of the molecule is C[C@@H](Cc1ccccc1)NCC(=O)N1CCC[C@H]1C#N. The van der Waals surface area contributed by atoms with Crippen molar-refractivity contribution in [2.45, 2.75) is 38.3 Å². The van der Waals surface area contributed by atoms with Gasteiger partial charge in [-0.25, -0.2) is 0 Å². The summed E-state index contributed by atoms with van der Waals surface area (Å²) in [6.07, 6.45) is 2.64. The highest BCUT2D eigenvalue weighted by atomic mass is 16.2. The van der Waals surface area contributed by atoms with Crippen LogP contribution in [0.15, 0.2) is 30.3 Å². The van der Waals surface area contributed by atoms with Crippen LogP contribution in [0.3, 0.4) is 0 Å². The predicted octanol–water partition coefficient (Wildman–Crippen LogP) is 1.72. The highest BCUT2D eigenvalue weighted by Crippen LogP contribution is 2.16. The quantitative estimate of drug-likeness (QED) is 0.887. The lowest BCUT2D eigenvalue weighted by atomic mass is 10.1. The number of benzene rings is 1. The number of hydrogen-bond acceptors (Lipinski definition) is 3. The van der Waals surface area contributed by atoms with Gasteiger partial charge < -0.3 is 10.2 Å². The Morgan fingerprint density at radius 2 is 2.25 bits per heavy atom. The maximum Gasteiger partial charge on any atom is 0.237 e. The molecule has 1 aliphatic rings. The zero-order valence-electron chi connectivity index (χ0n) is 11.9. The average Bonchev–Trinajstić information content (AvgIpc) is 2.94. The van der Waals surface area contributed by atoms with E-state index in [0.717, 1.165) is 19.3 Å². The minimum absolute atomic E-state index is 0.0361. The number of carbonyl (C=O) groups excluding carboxylic acids is 1. The summed E-state index contributed by atoms with van der Waals surface area (Å²) in [6.45, 7) is 3.10. The Hall–Kier alpha value is -1.86. The molecule has 1 heterocycles. The molecule has 0 unspecified atom stereocenters. The molecular formula is C16H21N3O. The van der Waals surface area contributed by atoms with Gasteiger partial charge >= 0.3 is 0 Å². The van der Waals surface area contributed by atoms with Gasteiger partial charge in [0.25, 0.3) is 0 Å². The van der Waals surface area contributed by atoms with Crippen molar-refractivity contribution in [2.24, 2.45) is 0 Å². The molecule has 0 saturated carbocycles. The van der Waals surface area contributed by atoms with Crippen molar-refractivity contribution in [3.05, 3.63) is 35.9 Å². The molecule has 1 amide bonds. The van der Waals surface area contributed by atoms with Gasteiger partial charge in [0.1, 0.15) is 6.04 Å². The molecule has 4 heteroatoms. The number of nitrogens with one attached hydrogen (secondary N) is 1. The van der Waals surface area contributed by atoms with E-state index < -0.39 is 0 Å². The maximum atomic E-state index is 12.1. The molecule has 2 atom stereocenters. The second-order valence-electron chi connectivity index (χ2n) is 5.35. The van der Waals surface area contributed by atoms with Gasteiger partial charge in [0, 0.05) is 12.6 Å². The van der Waals surface area contributed by atoms with Crippen molar-refractivity contribution in [3.8, 4) is 6.07 Å². The van der Waals surface area contributed by atoms with Gasteiger partial charge in [-0.3, -0.25) is 4.79 Å². The van der Waals surface area contributed by atoms with E-state index in [2.05, 4.69) is 30.4 Å². The Bertz CT molecular complexity index is 480. The summed E-state index contributed by atoms with van der Waals surface area (Å²) < 4.78 is 0. The molecule has 1 aromatic rings. The fourth-order valence-corrected chi connectivity index (χ4v) is 2.60. The van der Waals surface area contributed by atoms with Gasteiger partial charge in [-0.1, -0.05) is 30.3 Å². The summed E-state index contributed by atoms with van der Waals surface area (Å²) in [4.78, 5) is 13.8. The predicted molar refractivity (Wildman–Crippen MR) is 78.0 cm³/mol. The lowest BCUT2D eigenvalue weighted by molar-refractivity contribution is -0.130. The summed E-state index contributed by atoms with van der Waals surface area (Å²) >= 11 is 0. The van der Waals surface area contributed by atoms with E-state index in [9.17, 15) is 4.79 Å². The molecule has 1 aromatic carbocycles. The smallest absolute Gasteiger partial charge is 0.237 e. The van der Waals surface area contributed by atoms with E-state index in [1.807, 2.05) is 18.2 Å². The van der Waals surface area contributed by atoms with E-state index in [4.69, 9.17) is 5.26 Å². The van der Waals surface area contributed by atoms with Crippen molar-refractivity contribution in [3.63, 3.8) is 0 Å². The number of carbonyl (C=O) groups is 1. The first-order chi connectivity index (χ1) is 9.70. The summed E-state index contributed by atoms with van der Waals surface area (Å²) in [5, 5.41) is 12.2. The van der Waals surface area contributed by atoms with Gasteiger partial charge in [-0.15, -0.1) is 0 Å². The highest BCUT2D eigenvalue weighted by molar-refractivity contribution is 5.79. The number of nitriles is 1. The summed E-state index contributed by atoms with van der Waals surface area (Å²) in [5.41, 5.74) is 1.26. The molecule has 0 aromatic heterocycles. The van der Waals surface area contributed by atoms with Gasteiger partial charge in [0.15, 0.2) is 0 Å². The summed E-state index contributed by atoms with van der Waals surface area (Å²) in [6, 6.07) is 12.4. The van der Waals surface area contributed by atoms with E-state index in [1.54, 1.807) is 4.90 Å². The van der Waals surface area contributed by atoms with Crippen LogP contribution in [0.5, 0.6) is 0 Å². The van der Waals surface area contributed by atoms with Crippen LogP contribution in [0.25, 0.3) is 0 Å². The summed E-state index contributed by atoms with van der Waals surface area (Å²) in [5.74, 6) is 0.0361. The van der Waals surface area contributed by atoms with Crippen molar-refractivity contribution in [1.29, 1.82) is 5.26 Å². The fourth-order valence-electron chi connectivity index (χ4n) is 2.60. The molecular weight excluding hydrogens is 250 g/mol. The van der Waals surface area contributed by atoms with Crippen molar-refractivity contribution in [1.82, 2.24) is 10.2 Å². The normalized spacial score (nSPS) is 19.6. The van der Waals surface area contributed by atoms with Crippen LogP contribution in [0, 0.1) is 11.3 Å². The molecule has 4 nitrogen and oxygen atoms in total. The molecule has 0 aliphatic carbocycles. The topological polar surface area (TPSA) is 56.1 Å². The van der Waals surface area contributed by atoms with E-state index in [0.29, 0.717) is 13.1 Å². The van der Waals surface area contributed by atoms with Crippen LogP contribution < -0.4 is 5.32 Å². The first-order valence-corrected chi connectivity index (χ1v) is 7.17. The maximum absolute atomic E-state index is 12.1. The standard InChI is InChI=1S/C16H21N3O/c1-13(10-14-6-3-2-4-7-14)18-12-16(20)19-9-5-8-15(19)11-17/h2-4,6-7,13,15,18H,5,8-10,12H2,1H3/t13-,15-/m0/s1. The Morgan fingerprint density at radius 1 is 1.50 bits per heavy atom. The number of rotatable bonds is 5. The third-order valence-electron chi connectivity index (χ3n) is 3.71. The van der Waals surface area contributed by atoms with Crippen molar-refractivity contribution >= 4 is 5.91 Å². The van der Waals surface area contributed by atoms with Gasteiger partial charge in [0.05, 0.1) is 12.6 Å². The second kappa shape index (κ2) is 7.06. The molecule has 0 spiro atoms. The molecule has 1 saturated heterocycles. The molecule has 1 N–H and O–H groups in total. The van der Waals surface area contributed by atoms with Crippen LogP contribution in [-0.2, 0) is 11.2 Å². The molecule has 0 radical (unpaired) electrons. The fraction of sp³-hybridized carbons (Fsp3) is 0.500. The van der Waals surface area contributed by atoms with Crippen LogP contribution in [-0.4, -0.2) is 36.0 Å². The first kappa shape index (κ1) is 14.5. The van der Waals surface area contributed by atoms with Gasteiger partial charge in [-0.05, 0) is 31.7 Å². The first-order valence-electron chi connectivity index (χ1n) is 7.17. The van der Waals surface area contributed by atoms with Gasteiger partial charge in [0.2, 0.25) is 5.91 Å². The lowest BCUT2D eigenvalue weighted by Gasteiger charge is -2.21. The molecule has 1 fully saturated rings. The van der Waals surface area contributed by atoms with Crippen LogP contribution in [0.1, 0.15) is 25.3 Å². The number of amides is 1. The van der Waals surface area contributed by atoms with Crippen LogP contribution >= 0.6 is 0 Å². The third kappa shape index (κ3) is 3.82. The van der Waals surface area contributed by atoms with Gasteiger partial charge in [-0.2, -0.15) is 5.26 Å². The minimum Gasteiger partial charge on any atom is -0.326 e. The van der Waals surface area contributed by atoms with Crippen LogP contribution in [0.2, 0.25) is 0 Å². The summed E-state index contributed by atoms with van der Waals surface area (Å²) in [7, 11) is 0. The Morgan fingerprint density at radius 3 is 2.95 bits per heavy atom. The van der Waals surface area contributed by atoms with Crippen molar-refractivity contribution in [2.75, 3.05) is 13.1 Å². The molecule has 0 bridgehead atoms. The van der Waals surface area contributed by atoms with E-state index >= 15 is 0 Å². The highest BCUT2D eigenvalue weighted by Gasteiger charge is 2.28.